The van der Waals surface area contributed by atoms with E-state index in [-0.39, 0.29) is 11.7 Å². The first-order valence-corrected chi connectivity index (χ1v) is 12.0. The maximum atomic E-state index is 13.3. The minimum atomic E-state index is -0.435. The molecule has 1 fully saturated rings. The predicted octanol–water partition coefficient (Wildman–Crippen LogP) is 5.65. The molecule has 4 aromatic rings. The van der Waals surface area contributed by atoms with Crippen molar-refractivity contribution >= 4 is 22.7 Å². The summed E-state index contributed by atoms with van der Waals surface area (Å²) in [5.74, 6) is 0.294. The van der Waals surface area contributed by atoms with Crippen LogP contribution in [0, 0.1) is 13.8 Å². The molecule has 34 heavy (non-hydrogen) atoms. The number of nitrogens with one attached hydrogen (secondary N) is 1. The second kappa shape index (κ2) is 9.26. The average Bonchev–Trinajstić information content (AvgIpc) is 3.53. The van der Waals surface area contributed by atoms with E-state index in [9.17, 15) is 9.59 Å². The van der Waals surface area contributed by atoms with Gasteiger partial charge in [0.1, 0.15) is 0 Å². The molecular weight excluding hydrogens is 422 g/mol. The number of aryl methyl sites for hydroxylation is 3. The number of imidazole rings is 1. The Balaban J connectivity index is 1.25. The molecule has 3 aromatic carbocycles. The van der Waals surface area contributed by atoms with Crippen LogP contribution in [0.1, 0.15) is 46.6 Å². The van der Waals surface area contributed by atoms with E-state index in [4.69, 9.17) is 0 Å². The van der Waals surface area contributed by atoms with Crippen molar-refractivity contribution in [2.45, 2.75) is 45.6 Å². The Hall–Kier alpha value is -3.73. The lowest BCUT2D eigenvalue weighted by atomic mass is 10.0. The first kappa shape index (κ1) is 22.1. The summed E-state index contributed by atoms with van der Waals surface area (Å²) in [5, 5.41) is 0. The lowest BCUT2D eigenvalue weighted by Crippen LogP contribution is -2.41. The molecule has 1 aliphatic rings. The van der Waals surface area contributed by atoms with Gasteiger partial charge in [0.05, 0.1) is 17.1 Å². The molecule has 1 atom stereocenters. The van der Waals surface area contributed by atoms with E-state index in [0.717, 1.165) is 39.7 Å². The van der Waals surface area contributed by atoms with Gasteiger partial charge in [-0.15, -0.1) is 0 Å². The molecule has 1 aliphatic heterocycles. The van der Waals surface area contributed by atoms with Crippen molar-refractivity contribution < 1.29 is 9.59 Å². The Morgan fingerprint density at radius 1 is 0.971 bits per heavy atom. The molecule has 0 radical (unpaired) electrons. The normalized spacial score (nSPS) is 15.7. The smallest absolute Gasteiger partial charge is 0.223 e. The topological polar surface area (TPSA) is 66.1 Å². The molecule has 1 saturated heterocycles. The molecule has 0 bridgehead atoms. The Morgan fingerprint density at radius 3 is 2.47 bits per heavy atom. The third-order valence-electron chi connectivity index (χ3n) is 6.98. The zero-order chi connectivity index (χ0) is 23.7. The van der Waals surface area contributed by atoms with Gasteiger partial charge in [-0.3, -0.25) is 9.59 Å². The number of hydrogen-bond donors (Lipinski definition) is 1. The summed E-state index contributed by atoms with van der Waals surface area (Å²) < 4.78 is 0. The number of benzene rings is 3. The van der Waals surface area contributed by atoms with E-state index in [1.807, 2.05) is 44.2 Å². The van der Waals surface area contributed by atoms with E-state index in [1.165, 1.54) is 5.56 Å². The minimum absolute atomic E-state index is 0.0334. The molecule has 0 spiro atoms. The van der Waals surface area contributed by atoms with Crippen LogP contribution in [-0.4, -0.2) is 39.1 Å². The van der Waals surface area contributed by atoms with Gasteiger partial charge >= 0.3 is 0 Å². The van der Waals surface area contributed by atoms with Crippen molar-refractivity contribution in [3.05, 3.63) is 89.2 Å². The van der Waals surface area contributed by atoms with Gasteiger partial charge in [-0.2, -0.15) is 0 Å². The number of nitrogens with zero attached hydrogens (tertiary/aromatic N) is 2. The SMILES string of the molecule is Cc1ccc2[nH]c(C(=O)[C@@H]3CCCN3C(=O)CCc3ccc(-c4ccccc4)cc3)nc2c1C. The van der Waals surface area contributed by atoms with Gasteiger partial charge in [-0.05, 0) is 67.0 Å². The number of likely N-dealkylation sites (tertiary alicyclic amines) is 1. The number of rotatable bonds is 6. The van der Waals surface area contributed by atoms with Crippen molar-refractivity contribution in [3.8, 4) is 11.1 Å². The molecule has 5 heteroatoms. The monoisotopic (exact) mass is 451 g/mol. The van der Waals surface area contributed by atoms with Gasteiger partial charge in [-0.25, -0.2) is 4.98 Å². The highest BCUT2D eigenvalue weighted by atomic mass is 16.2. The van der Waals surface area contributed by atoms with Gasteiger partial charge in [-0.1, -0.05) is 60.7 Å². The zero-order valence-corrected chi connectivity index (χ0v) is 19.7. The second-order valence-corrected chi connectivity index (χ2v) is 9.16. The van der Waals surface area contributed by atoms with E-state index in [1.54, 1.807) is 4.90 Å². The largest absolute Gasteiger partial charge is 0.335 e. The van der Waals surface area contributed by atoms with Gasteiger partial charge in [0.25, 0.3) is 0 Å². The lowest BCUT2D eigenvalue weighted by molar-refractivity contribution is -0.131. The molecule has 0 saturated carbocycles. The van der Waals surface area contributed by atoms with E-state index >= 15 is 0 Å². The fourth-order valence-electron chi connectivity index (χ4n) is 4.81. The molecule has 1 amide bonds. The van der Waals surface area contributed by atoms with Gasteiger partial charge in [0.15, 0.2) is 5.82 Å². The quantitative estimate of drug-likeness (QED) is 0.385. The van der Waals surface area contributed by atoms with Crippen LogP contribution in [0.25, 0.3) is 22.2 Å². The number of H-pyrrole nitrogens is 1. The maximum Gasteiger partial charge on any atom is 0.223 e. The number of ketones is 1. The molecule has 5 rings (SSSR count). The first-order chi connectivity index (χ1) is 16.5. The third kappa shape index (κ3) is 4.26. The lowest BCUT2D eigenvalue weighted by Gasteiger charge is -2.23. The molecule has 1 aromatic heterocycles. The number of hydrogen-bond acceptors (Lipinski definition) is 3. The molecular formula is C29H29N3O2. The molecule has 2 heterocycles. The fourth-order valence-corrected chi connectivity index (χ4v) is 4.81. The number of carbonyl (C=O) groups is 2. The highest BCUT2D eigenvalue weighted by Gasteiger charge is 2.35. The van der Waals surface area contributed by atoms with E-state index in [2.05, 4.69) is 46.4 Å². The van der Waals surface area contributed by atoms with Crippen molar-refractivity contribution in [1.82, 2.24) is 14.9 Å². The Kier molecular flexibility index (Phi) is 6.01. The summed E-state index contributed by atoms with van der Waals surface area (Å²) in [7, 11) is 0. The van der Waals surface area contributed by atoms with Crippen LogP contribution in [0.15, 0.2) is 66.7 Å². The number of carbonyl (C=O) groups excluding carboxylic acids is 2. The van der Waals surface area contributed by atoms with E-state index in [0.29, 0.717) is 31.6 Å². The van der Waals surface area contributed by atoms with Crippen LogP contribution < -0.4 is 0 Å². The summed E-state index contributed by atoms with van der Waals surface area (Å²) in [4.78, 5) is 35.9. The second-order valence-electron chi connectivity index (χ2n) is 9.16. The standard InChI is InChI=1S/C29H29N3O2/c1-19-10-16-24-27(20(19)2)31-29(30-24)28(34)25-9-6-18-32(25)26(33)17-13-21-11-14-23(15-12-21)22-7-4-3-5-8-22/h3-5,7-8,10-12,14-16,25H,6,9,13,17-18H2,1-2H3,(H,30,31)/t25-/m0/s1. The first-order valence-electron chi connectivity index (χ1n) is 12.0. The number of Topliss-reactive ketones (excluding diaryl/α,β-unsaturated/α-hetero) is 1. The number of amides is 1. The number of aromatic amines is 1. The van der Waals surface area contributed by atoms with Crippen LogP contribution in [-0.2, 0) is 11.2 Å². The predicted molar refractivity (Wildman–Crippen MR) is 135 cm³/mol. The van der Waals surface area contributed by atoms with Crippen molar-refractivity contribution in [2.24, 2.45) is 0 Å². The Morgan fingerprint density at radius 2 is 1.71 bits per heavy atom. The minimum Gasteiger partial charge on any atom is -0.335 e. The molecule has 1 N–H and O–H groups in total. The summed E-state index contributed by atoms with van der Waals surface area (Å²) in [5.41, 5.74) is 7.38. The highest BCUT2D eigenvalue weighted by Crippen LogP contribution is 2.25. The maximum absolute atomic E-state index is 13.3. The van der Waals surface area contributed by atoms with Crippen molar-refractivity contribution in [3.63, 3.8) is 0 Å². The van der Waals surface area contributed by atoms with Crippen LogP contribution in [0.4, 0.5) is 0 Å². The fraction of sp³-hybridized carbons (Fsp3) is 0.276. The molecule has 172 valence electrons. The summed E-state index contributed by atoms with van der Waals surface area (Å²) >= 11 is 0. The van der Waals surface area contributed by atoms with Crippen LogP contribution >= 0.6 is 0 Å². The van der Waals surface area contributed by atoms with Crippen molar-refractivity contribution in [1.29, 1.82) is 0 Å². The highest BCUT2D eigenvalue weighted by molar-refractivity contribution is 6.01. The molecule has 0 unspecified atom stereocenters. The summed E-state index contributed by atoms with van der Waals surface area (Å²) in [6, 6.07) is 22.2. The number of fused-ring (bicyclic) bond motifs is 1. The third-order valence-corrected chi connectivity index (χ3v) is 6.98. The van der Waals surface area contributed by atoms with Gasteiger partial charge in [0, 0.05) is 13.0 Å². The van der Waals surface area contributed by atoms with Crippen LogP contribution in [0.3, 0.4) is 0 Å². The zero-order valence-electron chi connectivity index (χ0n) is 19.7. The summed E-state index contributed by atoms with van der Waals surface area (Å²) in [6.45, 7) is 4.68. The van der Waals surface area contributed by atoms with Gasteiger partial charge < -0.3 is 9.88 Å². The Labute approximate surface area is 199 Å². The molecule has 5 nitrogen and oxygen atoms in total. The van der Waals surface area contributed by atoms with Crippen molar-refractivity contribution in [2.75, 3.05) is 6.54 Å². The van der Waals surface area contributed by atoms with Crippen LogP contribution in [0.2, 0.25) is 0 Å². The van der Waals surface area contributed by atoms with E-state index < -0.39 is 6.04 Å². The Bertz CT molecular complexity index is 1340. The number of aromatic nitrogens is 2. The molecule has 0 aliphatic carbocycles. The average molecular weight is 452 g/mol. The summed E-state index contributed by atoms with van der Waals surface area (Å²) in [6.07, 6.45) is 2.58. The van der Waals surface area contributed by atoms with Gasteiger partial charge in [0.2, 0.25) is 11.7 Å². The van der Waals surface area contributed by atoms with Crippen LogP contribution in [0.5, 0.6) is 0 Å².